The third kappa shape index (κ3) is 5.06. The zero-order chi connectivity index (χ0) is 11.1. The predicted molar refractivity (Wildman–Crippen MR) is 64.2 cm³/mol. The van der Waals surface area contributed by atoms with Gasteiger partial charge in [-0.25, -0.2) is 0 Å². The molecule has 3 nitrogen and oxygen atoms in total. The van der Waals surface area contributed by atoms with Crippen molar-refractivity contribution in [1.82, 2.24) is 10.3 Å². The minimum absolute atomic E-state index is 0.353. The van der Waals surface area contributed by atoms with E-state index in [1.54, 1.807) is 11.3 Å². The van der Waals surface area contributed by atoms with Crippen LogP contribution in [0.3, 0.4) is 0 Å². The van der Waals surface area contributed by atoms with Gasteiger partial charge in [0.25, 0.3) is 0 Å². The minimum atomic E-state index is 0.353. The highest BCUT2D eigenvalue weighted by atomic mass is 32.1. The summed E-state index contributed by atoms with van der Waals surface area (Å²) in [6, 6.07) is 0.353. The lowest BCUT2D eigenvalue weighted by Crippen LogP contribution is -2.22. The van der Waals surface area contributed by atoms with E-state index in [2.05, 4.69) is 23.8 Å². The quantitative estimate of drug-likeness (QED) is 0.572. The lowest BCUT2D eigenvalue weighted by atomic mass is 10.3. The zero-order valence-electron chi connectivity index (χ0n) is 9.32. The van der Waals surface area contributed by atoms with Crippen LogP contribution in [-0.2, 0) is 4.74 Å². The number of hydrogen-bond acceptors (Lipinski definition) is 4. The Balaban J connectivity index is 2.08. The second-order valence-corrected chi connectivity index (χ2v) is 4.51. The second-order valence-electron chi connectivity index (χ2n) is 3.59. The summed E-state index contributed by atoms with van der Waals surface area (Å²) in [5.74, 6) is 0. The van der Waals surface area contributed by atoms with E-state index in [4.69, 9.17) is 4.74 Å². The Hall–Kier alpha value is -0.710. The molecule has 1 heterocycles. The van der Waals surface area contributed by atoms with E-state index in [1.165, 1.54) is 4.88 Å². The molecule has 0 radical (unpaired) electrons. The van der Waals surface area contributed by atoms with E-state index >= 15 is 0 Å². The van der Waals surface area contributed by atoms with Gasteiger partial charge >= 0.3 is 0 Å². The molecule has 1 N–H and O–H groups in total. The highest BCUT2D eigenvalue weighted by Crippen LogP contribution is 2.15. The fourth-order valence-corrected chi connectivity index (χ4v) is 1.79. The van der Waals surface area contributed by atoms with Gasteiger partial charge in [-0.2, -0.15) is 0 Å². The molecular formula is C11H18N2OS. The van der Waals surface area contributed by atoms with Gasteiger partial charge in [0.2, 0.25) is 0 Å². The van der Waals surface area contributed by atoms with E-state index in [-0.39, 0.29) is 0 Å². The Morgan fingerprint density at radius 3 is 3.13 bits per heavy atom. The molecule has 0 aliphatic rings. The van der Waals surface area contributed by atoms with Crippen LogP contribution >= 0.6 is 11.3 Å². The van der Waals surface area contributed by atoms with Crippen molar-refractivity contribution in [2.24, 2.45) is 0 Å². The van der Waals surface area contributed by atoms with Crippen molar-refractivity contribution >= 4 is 11.3 Å². The highest BCUT2D eigenvalue weighted by molar-refractivity contribution is 7.09. The molecule has 1 unspecified atom stereocenters. The fourth-order valence-electron chi connectivity index (χ4n) is 1.13. The van der Waals surface area contributed by atoms with Crippen LogP contribution in [0, 0.1) is 0 Å². The molecule has 0 aliphatic heterocycles. The molecule has 84 valence electrons. The Labute approximate surface area is 95.2 Å². The van der Waals surface area contributed by atoms with Crippen LogP contribution < -0.4 is 5.32 Å². The average molecular weight is 226 g/mol. The number of rotatable bonds is 7. The van der Waals surface area contributed by atoms with Crippen LogP contribution in [0.25, 0.3) is 0 Å². The Morgan fingerprint density at radius 2 is 2.53 bits per heavy atom. The molecule has 0 aromatic carbocycles. The third-order valence-corrected chi connectivity index (χ3v) is 2.88. The first-order chi connectivity index (χ1) is 7.20. The first-order valence-electron chi connectivity index (χ1n) is 5.04. The highest BCUT2D eigenvalue weighted by Gasteiger charge is 2.04. The Kier molecular flexibility index (Phi) is 5.53. The molecular weight excluding hydrogens is 208 g/mol. The molecule has 0 saturated heterocycles. The van der Waals surface area contributed by atoms with Crippen molar-refractivity contribution in [3.05, 3.63) is 28.7 Å². The number of aromatic nitrogens is 1. The van der Waals surface area contributed by atoms with Crippen molar-refractivity contribution in [1.29, 1.82) is 0 Å². The molecule has 4 heteroatoms. The van der Waals surface area contributed by atoms with Crippen molar-refractivity contribution in [2.45, 2.75) is 19.9 Å². The number of nitrogens with one attached hydrogen (secondary N) is 1. The Bertz CT molecular complexity index is 285. The van der Waals surface area contributed by atoms with Gasteiger partial charge in [-0.1, -0.05) is 12.2 Å². The number of nitrogens with zero attached hydrogens (tertiary/aromatic N) is 1. The summed E-state index contributed by atoms with van der Waals surface area (Å²) in [4.78, 5) is 5.31. The van der Waals surface area contributed by atoms with E-state index in [9.17, 15) is 0 Å². The molecule has 0 aliphatic carbocycles. The zero-order valence-corrected chi connectivity index (χ0v) is 10.1. The molecule has 1 rings (SSSR count). The summed E-state index contributed by atoms with van der Waals surface area (Å²) < 4.78 is 5.39. The molecule has 1 aromatic heterocycles. The maximum Gasteiger partial charge on any atom is 0.0794 e. The molecule has 0 fully saturated rings. The molecule has 0 saturated carbocycles. The first-order valence-corrected chi connectivity index (χ1v) is 5.92. The molecule has 0 amide bonds. The summed E-state index contributed by atoms with van der Waals surface area (Å²) in [7, 11) is 0. The van der Waals surface area contributed by atoms with Crippen molar-refractivity contribution in [3.63, 3.8) is 0 Å². The average Bonchev–Trinajstić information content (AvgIpc) is 2.69. The molecule has 0 spiro atoms. The maximum absolute atomic E-state index is 5.39. The molecule has 0 bridgehead atoms. The lowest BCUT2D eigenvalue weighted by Gasteiger charge is -2.11. The van der Waals surface area contributed by atoms with Crippen LogP contribution in [0.15, 0.2) is 23.9 Å². The number of hydrogen-bond donors (Lipinski definition) is 1. The summed E-state index contributed by atoms with van der Waals surface area (Å²) in [5, 5.41) is 3.37. The first kappa shape index (κ1) is 12.4. The molecule has 1 atom stereocenters. The van der Waals surface area contributed by atoms with Crippen molar-refractivity contribution in [2.75, 3.05) is 19.8 Å². The maximum atomic E-state index is 5.39. The van der Waals surface area contributed by atoms with E-state index in [1.807, 2.05) is 18.6 Å². The summed E-state index contributed by atoms with van der Waals surface area (Å²) in [5.41, 5.74) is 2.91. The van der Waals surface area contributed by atoms with Crippen LogP contribution in [0.1, 0.15) is 24.8 Å². The van der Waals surface area contributed by atoms with Crippen LogP contribution in [-0.4, -0.2) is 24.7 Å². The largest absolute Gasteiger partial charge is 0.376 e. The second kappa shape index (κ2) is 6.71. The number of thiazole rings is 1. The van der Waals surface area contributed by atoms with Crippen molar-refractivity contribution < 1.29 is 4.74 Å². The van der Waals surface area contributed by atoms with Gasteiger partial charge in [0.15, 0.2) is 0 Å². The Morgan fingerprint density at radius 1 is 1.73 bits per heavy atom. The van der Waals surface area contributed by atoms with E-state index in [0.29, 0.717) is 12.6 Å². The topological polar surface area (TPSA) is 34.1 Å². The van der Waals surface area contributed by atoms with Gasteiger partial charge in [-0.3, -0.25) is 4.98 Å². The van der Waals surface area contributed by atoms with Crippen LogP contribution in [0.5, 0.6) is 0 Å². The monoisotopic (exact) mass is 226 g/mol. The standard InChI is InChI=1S/C11H18N2OS/c1-9(2)7-14-5-4-13-10(3)11-6-12-8-15-11/h6,8,10,13H,1,4-5,7H2,2-3H3. The normalized spacial score (nSPS) is 12.7. The minimum Gasteiger partial charge on any atom is -0.376 e. The SMILES string of the molecule is C=C(C)COCCNC(C)c1cncs1. The van der Waals surface area contributed by atoms with E-state index < -0.39 is 0 Å². The van der Waals surface area contributed by atoms with Gasteiger partial charge in [0, 0.05) is 23.7 Å². The van der Waals surface area contributed by atoms with Crippen LogP contribution in [0.4, 0.5) is 0 Å². The van der Waals surface area contributed by atoms with Gasteiger partial charge in [-0.15, -0.1) is 11.3 Å². The van der Waals surface area contributed by atoms with Gasteiger partial charge < -0.3 is 10.1 Å². The van der Waals surface area contributed by atoms with Gasteiger partial charge in [-0.05, 0) is 13.8 Å². The predicted octanol–water partition coefficient (Wildman–Crippen LogP) is 2.39. The smallest absolute Gasteiger partial charge is 0.0794 e. The van der Waals surface area contributed by atoms with Gasteiger partial charge in [0.1, 0.15) is 0 Å². The fraction of sp³-hybridized carbons (Fsp3) is 0.545. The van der Waals surface area contributed by atoms with E-state index in [0.717, 1.165) is 18.7 Å². The summed E-state index contributed by atoms with van der Waals surface area (Å²) in [6.07, 6.45) is 1.90. The summed E-state index contributed by atoms with van der Waals surface area (Å²) >= 11 is 1.67. The van der Waals surface area contributed by atoms with Crippen molar-refractivity contribution in [3.8, 4) is 0 Å². The van der Waals surface area contributed by atoms with Crippen LogP contribution in [0.2, 0.25) is 0 Å². The lowest BCUT2D eigenvalue weighted by molar-refractivity contribution is 0.156. The number of ether oxygens (including phenoxy) is 1. The molecule has 1 aromatic rings. The van der Waals surface area contributed by atoms with Gasteiger partial charge in [0.05, 0.1) is 18.7 Å². The third-order valence-electron chi connectivity index (χ3n) is 1.92. The molecule has 15 heavy (non-hydrogen) atoms. The summed E-state index contributed by atoms with van der Waals surface area (Å²) in [6.45, 7) is 10.1.